The number of hydrogen-bond donors (Lipinski definition) is 1. The van der Waals surface area contributed by atoms with Crippen LogP contribution in [0.2, 0.25) is 0 Å². The van der Waals surface area contributed by atoms with Crippen LogP contribution in [0.1, 0.15) is 44.6 Å². The fraction of sp³-hybridized carbons (Fsp3) is 0.667. The zero-order valence-corrected chi connectivity index (χ0v) is 13.5. The average molecular weight is 326 g/mol. The van der Waals surface area contributed by atoms with E-state index in [1.807, 2.05) is 6.20 Å². The molecule has 1 N–H and O–H groups in total. The van der Waals surface area contributed by atoms with Crippen LogP contribution in [-0.4, -0.2) is 24.6 Å². The monoisotopic (exact) mass is 325 g/mol. The van der Waals surface area contributed by atoms with Gasteiger partial charge in [0, 0.05) is 35.9 Å². The molecule has 19 heavy (non-hydrogen) atoms. The topological polar surface area (TPSA) is 28.2 Å². The summed E-state index contributed by atoms with van der Waals surface area (Å²) in [7, 11) is 2.19. The molecule has 1 aliphatic rings. The number of rotatable bonds is 6. The second kappa shape index (κ2) is 7.25. The summed E-state index contributed by atoms with van der Waals surface area (Å²) in [6.45, 7) is 4.14. The minimum absolute atomic E-state index is 0.665. The molecule has 0 amide bonds. The van der Waals surface area contributed by atoms with Crippen LogP contribution in [0.5, 0.6) is 0 Å². The van der Waals surface area contributed by atoms with Gasteiger partial charge in [0.25, 0.3) is 0 Å². The SMILES string of the molecule is CCCNCc1cc(Br)cnc1N(C)C1CCCC1. The molecular formula is C15H24BrN3. The van der Waals surface area contributed by atoms with E-state index in [0.29, 0.717) is 6.04 Å². The zero-order valence-electron chi connectivity index (χ0n) is 12.0. The lowest BCUT2D eigenvalue weighted by Crippen LogP contribution is -2.31. The summed E-state index contributed by atoms with van der Waals surface area (Å²) in [6.07, 6.45) is 8.38. The zero-order chi connectivity index (χ0) is 13.7. The molecule has 1 heterocycles. The van der Waals surface area contributed by atoms with Crippen molar-refractivity contribution in [2.75, 3.05) is 18.5 Å². The van der Waals surface area contributed by atoms with Crippen LogP contribution >= 0.6 is 15.9 Å². The van der Waals surface area contributed by atoms with Gasteiger partial charge in [0.2, 0.25) is 0 Å². The van der Waals surface area contributed by atoms with Crippen molar-refractivity contribution in [1.29, 1.82) is 0 Å². The summed E-state index contributed by atoms with van der Waals surface area (Å²) in [6, 6.07) is 2.86. The Balaban J connectivity index is 2.12. The van der Waals surface area contributed by atoms with Crippen LogP contribution in [0.15, 0.2) is 16.7 Å². The van der Waals surface area contributed by atoms with Crippen LogP contribution in [0.3, 0.4) is 0 Å². The summed E-state index contributed by atoms with van der Waals surface area (Å²) in [5, 5.41) is 3.48. The molecule has 106 valence electrons. The first-order chi connectivity index (χ1) is 9.22. The molecule has 1 fully saturated rings. The second-order valence-electron chi connectivity index (χ2n) is 5.36. The lowest BCUT2D eigenvalue weighted by molar-refractivity contribution is 0.632. The number of hydrogen-bond acceptors (Lipinski definition) is 3. The number of halogens is 1. The van der Waals surface area contributed by atoms with Crippen molar-refractivity contribution in [3.8, 4) is 0 Å². The van der Waals surface area contributed by atoms with Crippen LogP contribution < -0.4 is 10.2 Å². The molecular weight excluding hydrogens is 302 g/mol. The Morgan fingerprint density at radius 3 is 2.84 bits per heavy atom. The molecule has 0 aromatic carbocycles. The number of nitrogens with one attached hydrogen (secondary N) is 1. The summed E-state index contributed by atoms with van der Waals surface area (Å²) in [5.41, 5.74) is 1.29. The van der Waals surface area contributed by atoms with E-state index >= 15 is 0 Å². The maximum atomic E-state index is 4.64. The quantitative estimate of drug-likeness (QED) is 0.808. The van der Waals surface area contributed by atoms with Crippen molar-refractivity contribution in [2.24, 2.45) is 0 Å². The van der Waals surface area contributed by atoms with Crippen molar-refractivity contribution >= 4 is 21.7 Å². The van der Waals surface area contributed by atoms with Gasteiger partial charge in [-0.2, -0.15) is 0 Å². The maximum absolute atomic E-state index is 4.64. The van der Waals surface area contributed by atoms with Gasteiger partial charge in [-0.15, -0.1) is 0 Å². The number of anilines is 1. The third kappa shape index (κ3) is 3.93. The standard InChI is InChI=1S/C15H24BrN3/c1-3-8-17-10-12-9-13(16)11-18-15(12)19(2)14-6-4-5-7-14/h9,11,14,17H,3-8,10H2,1-2H3. The predicted molar refractivity (Wildman–Crippen MR) is 84.6 cm³/mol. The lowest BCUT2D eigenvalue weighted by atomic mass is 10.2. The minimum Gasteiger partial charge on any atom is -0.356 e. The molecule has 4 heteroatoms. The van der Waals surface area contributed by atoms with Gasteiger partial charge in [-0.1, -0.05) is 19.8 Å². The molecule has 1 aromatic rings. The highest BCUT2D eigenvalue weighted by atomic mass is 79.9. The van der Waals surface area contributed by atoms with E-state index in [1.165, 1.54) is 31.2 Å². The van der Waals surface area contributed by atoms with E-state index in [-0.39, 0.29) is 0 Å². The highest BCUT2D eigenvalue weighted by Crippen LogP contribution is 2.29. The van der Waals surface area contributed by atoms with Gasteiger partial charge in [-0.05, 0) is 47.8 Å². The third-order valence-electron chi connectivity index (χ3n) is 3.86. The Labute approximate surface area is 124 Å². The highest BCUT2D eigenvalue weighted by Gasteiger charge is 2.22. The molecule has 2 rings (SSSR count). The number of pyridine rings is 1. The normalized spacial score (nSPS) is 15.9. The van der Waals surface area contributed by atoms with Gasteiger partial charge in [-0.3, -0.25) is 0 Å². The summed E-state index contributed by atoms with van der Waals surface area (Å²) in [4.78, 5) is 7.02. The first kappa shape index (κ1) is 14.8. The van der Waals surface area contributed by atoms with Crippen LogP contribution in [0.25, 0.3) is 0 Å². The largest absolute Gasteiger partial charge is 0.356 e. The molecule has 0 bridgehead atoms. The Morgan fingerprint density at radius 1 is 1.42 bits per heavy atom. The predicted octanol–water partition coefficient (Wildman–Crippen LogP) is 3.72. The second-order valence-corrected chi connectivity index (χ2v) is 6.28. The summed E-state index contributed by atoms with van der Waals surface area (Å²) < 4.78 is 1.06. The van der Waals surface area contributed by atoms with Crippen molar-refractivity contribution in [1.82, 2.24) is 10.3 Å². The Hall–Kier alpha value is -0.610. The van der Waals surface area contributed by atoms with E-state index in [2.05, 4.69) is 51.2 Å². The molecule has 0 aliphatic heterocycles. The van der Waals surface area contributed by atoms with Crippen LogP contribution in [0, 0.1) is 0 Å². The Morgan fingerprint density at radius 2 is 2.16 bits per heavy atom. The first-order valence-corrected chi connectivity index (χ1v) is 8.09. The lowest BCUT2D eigenvalue weighted by Gasteiger charge is -2.27. The molecule has 0 atom stereocenters. The number of aromatic nitrogens is 1. The third-order valence-corrected chi connectivity index (χ3v) is 4.29. The van der Waals surface area contributed by atoms with Crippen LogP contribution in [-0.2, 0) is 6.54 Å². The van der Waals surface area contributed by atoms with Crippen molar-refractivity contribution in [3.63, 3.8) is 0 Å². The molecule has 1 aromatic heterocycles. The Kier molecular flexibility index (Phi) is 5.64. The molecule has 0 unspecified atom stereocenters. The van der Waals surface area contributed by atoms with Gasteiger partial charge in [0.05, 0.1) is 0 Å². The fourth-order valence-electron chi connectivity index (χ4n) is 2.79. The smallest absolute Gasteiger partial charge is 0.133 e. The van der Waals surface area contributed by atoms with Crippen molar-refractivity contribution < 1.29 is 0 Å². The Bertz CT molecular complexity index is 402. The van der Waals surface area contributed by atoms with Gasteiger partial charge >= 0.3 is 0 Å². The van der Waals surface area contributed by atoms with E-state index in [0.717, 1.165) is 29.8 Å². The molecule has 0 spiro atoms. The average Bonchev–Trinajstić information content (AvgIpc) is 2.92. The summed E-state index contributed by atoms with van der Waals surface area (Å²) in [5.74, 6) is 1.14. The molecule has 0 saturated heterocycles. The maximum Gasteiger partial charge on any atom is 0.133 e. The van der Waals surface area contributed by atoms with Crippen LogP contribution in [0.4, 0.5) is 5.82 Å². The number of nitrogens with zero attached hydrogens (tertiary/aromatic N) is 2. The molecule has 3 nitrogen and oxygen atoms in total. The van der Waals surface area contributed by atoms with E-state index in [1.54, 1.807) is 0 Å². The molecule has 1 saturated carbocycles. The highest BCUT2D eigenvalue weighted by molar-refractivity contribution is 9.10. The first-order valence-electron chi connectivity index (χ1n) is 7.30. The van der Waals surface area contributed by atoms with Gasteiger partial charge < -0.3 is 10.2 Å². The van der Waals surface area contributed by atoms with E-state index < -0.39 is 0 Å². The minimum atomic E-state index is 0.665. The van der Waals surface area contributed by atoms with Gasteiger partial charge in [0.15, 0.2) is 0 Å². The van der Waals surface area contributed by atoms with Gasteiger partial charge in [0.1, 0.15) is 5.82 Å². The molecule has 0 radical (unpaired) electrons. The van der Waals surface area contributed by atoms with E-state index in [9.17, 15) is 0 Å². The molecule has 1 aliphatic carbocycles. The van der Waals surface area contributed by atoms with E-state index in [4.69, 9.17) is 0 Å². The van der Waals surface area contributed by atoms with Crippen molar-refractivity contribution in [2.45, 2.75) is 51.6 Å². The summed E-state index contributed by atoms with van der Waals surface area (Å²) >= 11 is 3.53. The van der Waals surface area contributed by atoms with Crippen molar-refractivity contribution in [3.05, 3.63) is 22.3 Å². The van der Waals surface area contributed by atoms with Gasteiger partial charge in [-0.25, -0.2) is 4.98 Å². The fourth-order valence-corrected chi connectivity index (χ4v) is 3.16.